The monoisotopic (exact) mass is 615 g/mol. The summed E-state index contributed by atoms with van der Waals surface area (Å²) in [5.74, 6) is 1.35. The molecule has 11 heteroatoms. The van der Waals surface area contributed by atoms with Crippen LogP contribution in [0.2, 0.25) is 5.02 Å². The average Bonchev–Trinajstić information content (AvgIpc) is 3.45. The molecule has 1 aromatic carbocycles. The lowest BCUT2D eigenvalue weighted by Crippen LogP contribution is -2.27. The number of carbonyl (C=O) groups excluding carboxylic acids is 1. The Balaban J connectivity index is 1.30. The number of thiophene rings is 1. The Morgan fingerprint density at radius 1 is 0.952 bits per heavy atom. The normalized spacial score (nSPS) is 14.3. The smallest absolute Gasteiger partial charge is 0.222 e. The van der Waals surface area contributed by atoms with Gasteiger partial charge >= 0.3 is 0 Å². The number of aryl methyl sites for hydroxylation is 2. The highest BCUT2D eigenvalue weighted by Gasteiger charge is 2.32. The highest BCUT2D eigenvalue weighted by atomic mass is 35.5. The zero-order valence-electron chi connectivity index (χ0n) is 25.1. The summed E-state index contributed by atoms with van der Waals surface area (Å²) in [4.78, 5) is 19.4. The molecule has 0 saturated heterocycles. The molecule has 0 unspecified atom stereocenters. The number of unbranched alkanes of at least 4 members (excludes halogenated alkanes) is 2. The van der Waals surface area contributed by atoms with E-state index in [1.165, 1.54) is 17.7 Å². The Morgan fingerprint density at radius 2 is 1.62 bits per heavy atom. The fourth-order valence-electron chi connectivity index (χ4n) is 4.78. The third-order valence-electron chi connectivity index (χ3n) is 7.16. The van der Waals surface area contributed by atoms with Gasteiger partial charge in [0.1, 0.15) is 16.9 Å². The van der Waals surface area contributed by atoms with E-state index >= 15 is 0 Å². The van der Waals surface area contributed by atoms with Crippen LogP contribution in [0.25, 0.3) is 5.00 Å². The molecule has 3 heterocycles. The third kappa shape index (κ3) is 8.48. The van der Waals surface area contributed by atoms with Gasteiger partial charge in [-0.1, -0.05) is 43.5 Å². The summed E-state index contributed by atoms with van der Waals surface area (Å²) in [5, 5.41) is 13.5. The van der Waals surface area contributed by atoms with Gasteiger partial charge in [-0.2, -0.15) is 0 Å². The summed E-state index contributed by atoms with van der Waals surface area (Å²) in [5.41, 5.74) is 4.00. The molecule has 1 aliphatic heterocycles. The van der Waals surface area contributed by atoms with Crippen molar-refractivity contribution in [2.75, 3.05) is 46.2 Å². The molecule has 3 aromatic rings. The Kier molecular flexibility index (Phi) is 12.5. The van der Waals surface area contributed by atoms with Crippen molar-refractivity contribution in [2.45, 2.75) is 65.8 Å². The summed E-state index contributed by atoms with van der Waals surface area (Å²) < 4.78 is 18.8. The SMILES string of the molecule is CCCCCOCCOCCOCCCNC(=O)C[C@@H]1N=C(c2ccc(Cl)cc2)c2c(sc(C)c2C)-n2c(C)nnc21. The molecule has 4 rings (SSSR count). The van der Waals surface area contributed by atoms with E-state index < -0.39 is 6.04 Å². The second kappa shape index (κ2) is 16.3. The first-order valence-electron chi connectivity index (χ1n) is 14.8. The second-order valence-electron chi connectivity index (χ2n) is 10.4. The van der Waals surface area contributed by atoms with Gasteiger partial charge < -0.3 is 19.5 Å². The zero-order valence-corrected chi connectivity index (χ0v) is 26.7. The van der Waals surface area contributed by atoms with Gasteiger partial charge in [0, 0.05) is 40.8 Å². The van der Waals surface area contributed by atoms with Crippen LogP contribution in [0.4, 0.5) is 0 Å². The van der Waals surface area contributed by atoms with Crippen molar-refractivity contribution < 1.29 is 19.0 Å². The van der Waals surface area contributed by atoms with Crippen molar-refractivity contribution in [1.29, 1.82) is 0 Å². The van der Waals surface area contributed by atoms with Crippen LogP contribution in [0.3, 0.4) is 0 Å². The molecule has 0 bridgehead atoms. The van der Waals surface area contributed by atoms with Crippen LogP contribution >= 0.6 is 22.9 Å². The first-order valence-corrected chi connectivity index (χ1v) is 16.0. The fourth-order valence-corrected chi connectivity index (χ4v) is 6.12. The van der Waals surface area contributed by atoms with E-state index in [4.69, 9.17) is 30.8 Å². The lowest BCUT2D eigenvalue weighted by molar-refractivity contribution is -0.121. The van der Waals surface area contributed by atoms with Gasteiger partial charge in [-0.25, -0.2) is 0 Å². The van der Waals surface area contributed by atoms with Crippen LogP contribution in [-0.4, -0.2) is 72.6 Å². The molecule has 1 amide bonds. The van der Waals surface area contributed by atoms with Gasteiger partial charge in [-0.15, -0.1) is 21.5 Å². The molecule has 2 aromatic heterocycles. The number of halogens is 1. The number of carbonyl (C=O) groups is 1. The summed E-state index contributed by atoms with van der Waals surface area (Å²) in [6, 6.07) is 7.19. The van der Waals surface area contributed by atoms with Crippen LogP contribution in [-0.2, 0) is 19.0 Å². The van der Waals surface area contributed by atoms with E-state index in [2.05, 4.69) is 40.9 Å². The number of hydrogen-bond donors (Lipinski definition) is 1. The number of nitrogens with one attached hydrogen (secondary N) is 1. The van der Waals surface area contributed by atoms with Gasteiger partial charge in [0.15, 0.2) is 5.82 Å². The van der Waals surface area contributed by atoms with Gasteiger partial charge in [0.2, 0.25) is 5.91 Å². The number of aliphatic imine (C=N–C) groups is 1. The first-order chi connectivity index (χ1) is 20.4. The highest BCUT2D eigenvalue weighted by Crippen LogP contribution is 2.39. The zero-order chi connectivity index (χ0) is 29.9. The number of benzene rings is 1. The van der Waals surface area contributed by atoms with Gasteiger partial charge in [0.25, 0.3) is 0 Å². The largest absolute Gasteiger partial charge is 0.379 e. The number of ether oxygens (including phenoxy) is 3. The lowest BCUT2D eigenvalue weighted by Gasteiger charge is -2.13. The lowest BCUT2D eigenvalue weighted by atomic mass is 9.99. The van der Waals surface area contributed by atoms with Crippen LogP contribution in [0.15, 0.2) is 29.3 Å². The minimum absolute atomic E-state index is 0.0909. The van der Waals surface area contributed by atoms with Crippen LogP contribution in [0.5, 0.6) is 0 Å². The molecule has 1 aliphatic rings. The maximum absolute atomic E-state index is 13.1. The molecule has 0 spiro atoms. The molecule has 228 valence electrons. The highest BCUT2D eigenvalue weighted by molar-refractivity contribution is 7.15. The Morgan fingerprint density at radius 3 is 2.31 bits per heavy atom. The number of fused-ring (bicyclic) bond motifs is 3. The standard InChI is InChI=1S/C31H42ClN5O4S/c1-5-6-7-14-39-16-18-41-19-17-40-15-8-13-33-27(38)20-26-30-36-35-23(4)37(30)31-28(21(2)22(3)42-31)29(34-26)24-9-11-25(32)12-10-24/h9-12,26H,5-8,13-20H2,1-4H3,(H,33,38)/t26-/m0/s1. The molecule has 0 aliphatic carbocycles. The van der Waals surface area contributed by atoms with Crippen LogP contribution < -0.4 is 5.32 Å². The molecule has 1 N–H and O–H groups in total. The Bertz CT molecular complexity index is 1340. The minimum atomic E-state index is -0.486. The van der Waals surface area contributed by atoms with E-state index in [-0.39, 0.29) is 12.3 Å². The van der Waals surface area contributed by atoms with E-state index in [1.54, 1.807) is 11.3 Å². The molecule has 9 nitrogen and oxygen atoms in total. The van der Waals surface area contributed by atoms with Crippen molar-refractivity contribution in [1.82, 2.24) is 20.1 Å². The predicted octanol–water partition coefficient (Wildman–Crippen LogP) is 5.94. The van der Waals surface area contributed by atoms with E-state index in [0.29, 0.717) is 56.8 Å². The summed E-state index contributed by atoms with van der Waals surface area (Å²) in [6.07, 6.45) is 4.37. The molecule has 0 fully saturated rings. The van der Waals surface area contributed by atoms with Crippen molar-refractivity contribution in [2.24, 2.45) is 4.99 Å². The van der Waals surface area contributed by atoms with Crippen LogP contribution in [0.1, 0.15) is 78.3 Å². The third-order valence-corrected chi connectivity index (χ3v) is 8.60. The van der Waals surface area contributed by atoms with Gasteiger partial charge in [-0.3, -0.25) is 14.4 Å². The molecule has 42 heavy (non-hydrogen) atoms. The quantitative estimate of drug-likeness (QED) is 0.189. The van der Waals surface area contributed by atoms with Crippen LogP contribution in [0, 0.1) is 20.8 Å². The number of amides is 1. The number of aromatic nitrogens is 3. The van der Waals surface area contributed by atoms with E-state index in [0.717, 1.165) is 46.3 Å². The first kappa shape index (κ1) is 32.3. The fraction of sp³-hybridized carbons (Fsp3) is 0.548. The summed E-state index contributed by atoms with van der Waals surface area (Å²) >= 11 is 7.88. The maximum atomic E-state index is 13.1. The van der Waals surface area contributed by atoms with E-state index in [9.17, 15) is 4.79 Å². The summed E-state index contributed by atoms with van der Waals surface area (Å²) in [7, 11) is 0. The molecular formula is C31H42ClN5O4S. The Labute approximate surface area is 257 Å². The predicted molar refractivity (Wildman–Crippen MR) is 168 cm³/mol. The number of hydrogen-bond acceptors (Lipinski definition) is 8. The second-order valence-corrected chi connectivity index (χ2v) is 12.0. The molecule has 0 saturated carbocycles. The number of rotatable bonds is 17. The summed E-state index contributed by atoms with van der Waals surface area (Å²) in [6.45, 7) is 12.4. The average molecular weight is 616 g/mol. The molecule has 1 atom stereocenters. The van der Waals surface area contributed by atoms with Crippen molar-refractivity contribution >= 4 is 34.6 Å². The van der Waals surface area contributed by atoms with E-state index in [1.807, 2.05) is 31.2 Å². The van der Waals surface area contributed by atoms with Gasteiger partial charge in [0.05, 0.1) is 38.6 Å². The topological polar surface area (TPSA) is 99.9 Å². The Hall–Kier alpha value is -2.63. The maximum Gasteiger partial charge on any atom is 0.222 e. The van der Waals surface area contributed by atoms with Crippen molar-refractivity contribution in [3.8, 4) is 5.00 Å². The molecule has 0 radical (unpaired) electrons. The number of nitrogens with zero attached hydrogens (tertiary/aromatic N) is 4. The van der Waals surface area contributed by atoms with Crippen molar-refractivity contribution in [3.63, 3.8) is 0 Å². The van der Waals surface area contributed by atoms with Gasteiger partial charge in [-0.05, 0) is 51.3 Å². The molecular weight excluding hydrogens is 574 g/mol. The minimum Gasteiger partial charge on any atom is -0.379 e. The van der Waals surface area contributed by atoms with Crippen molar-refractivity contribution in [3.05, 3.63) is 62.5 Å².